The highest BCUT2D eigenvalue weighted by Crippen LogP contribution is 2.40. The van der Waals surface area contributed by atoms with Crippen LogP contribution in [0.5, 0.6) is 0 Å². The van der Waals surface area contributed by atoms with Crippen LogP contribution in [0.3, 0.4) is 0 Å². The second-order valence-electron chi connectivity index (χ2n) is 6.49. The van der Waals surface area contributed by atoms with E-state index in [-0.39, 0.29) is 11.7 Å². The molecular formula is C22H19N3O3S2. The first-order chi connectivity index (χ1) is 14.6. The molecule has 2 heterocycles. The number of imidazole rings is 1. The van der Waals surface area contributed by atoms with Crippen molar-refractivity contribution in [2.24, 2.45) is 0 Å². The first-order valence-electron chi connectivity index (χ1n) is 9.21. The second-order valence-corrected chi connectivity index (χ2v) is 8.68. The maximum absolute atomic E-state index is 12.6. The van der Waals surface area contributed by atoms with Crippen molar-refractivity contribution in [1.82, 2.24) is 9.97 Å². The summed E-state index contributed by atoms with van der Waals surface area (Å²) in [5.74, 6) is -0.525. The lowest BCUT2D eigenvalue weighted by Gasteiger charge is -2.08. The van der Waals surface area contributed by atoms with Crippen LogP contribution in [0.4, 0.5) is 5.00 Å². The monoisotopic (exact) mass is 437 g/mol. The minimum Gasteiger partial charge on any atom is -0.465 e. The summed E-state index contributed by atoms with van der Waals surface area (Å²) >= 11 is 2.68. The molecule has 0 radical (unpaired) electrons. The standard InChI is InChI=1S/C22H19N3O3S2/c1-13-18(14-8-4-3-5-9-14)19(21(27)28-2)20(30-13)25-17(26)12-29-22-23-15-10-6-7-11-16(15)24-22/h3-11H,12H2,1-2H3,(H,23,24)(H,25,26). The maximum atomic E-state index is 12.6. The van der Waals surface area contributed by atoms with Crippen LogP contribution in [0.2, 0.25) is 0 Å². The van der Waals surface area contributed by atoms with Gasteiger partial charge in [0, 0.05) is 10.4 Å². The van der Waals surface area contributed by atoms with Crippen LogP contribution in [0, 0.1) is 6.92 Å². The van der Waals surface area contributed by atoms with Gasteiger partial charge in [-0.15, -0.1) is 11.3 Å². The van der Waals surface area contributed by atoms with Crippen LogP contribution in [0.25, 0.3) is 22.2 Å². The highest BCUT2D eigenvalue weighted by atomic mass is 32.2. The Balaban J connectivity index is 1.54. The highest BCUT2D eigenvalue weighted by molar-refractivity contribution is 7.99. The highest BCUT2D eigenvalue weighted by Gasteiger charge is 2.25. The number of rotatable bonds is 6. The molecule has 8 heteroatoms. The summed E-state index contributed by atoms with van der Waals surface area (Å²) in [6.07, 6.45) is 0. The van der Waals surface area contributed by atoms with E-state index in [1.165, 1.54) is 30.2 Å². The summed E-state index contributed by atoms with van der Waals surface area (Å²) in [5, 5.41) is 4.04. The maximum Gasteiger partial charge on any atom is 0.341 e. The van der Waals surface area contributed by atoms with Crippen LogP contribution in [0.1, 0.15) is 15.2 Å². The fraction of sp³-hybridized carbons (Fsp3) is 0.136. The third kappa shape index (κ3) is 4.10. The number of methoxy groups -OCH3 is 1. The number of fused-ring (bicyclic) bond motifs is 1. The number of nitrogens with zero attached hydrogens (tertiary/aromatic N) is 1. The minimum atomic E-state index is -0.474. The quantitative estimate of drug-likeness (QED) is 0.323. The van der Waals surface area contributed by atoms with E-state index in [9.17, 15) is 9.59 Å². The number of amides is 1. The molecule has 0 unspecified atom stereocenters. The van der Waals surface area contributed by atoms with Gasteiger partial charge in [-0.25, -0.2) is 9.78 Å². The van der Waals surface area contributed by atoms with Crippen molar-refractivity contribution in [2.45, 2.75) is 12.1 Å². The molecule has 0 atom stereocenters. The summed E-state index contributed by atoms with van der Waals surface area (Å²) < 4.78 is 4.99. The predicted molar refractivity (Wildman–Crippen MR) is 121 cm³/mol. The van der Waals surface area contributed by atoms with E-state index in [1.54, 1.807) is 0 Å². The molecule has 30 heavy (non-hydrogen) atoms. The molecule has 0 fully saturated rings. The molecule has 0 saturated heterocycles. The number of hydrogen-bond donors (Lipinski definition) is 2. The van der Waals surface area contributed by atoms with E-state index in [4.69, 9.17) is 4.74 Å². The zero-order chi connectivity index (χ0) is 21.1. The lowest BCUT2D eigenvalue weighted by atomic mass is 10.0. The number of carbonyl (C=O) groups is 2. The third-order valence-corrected chi connectivity index (χ3v) is 6.39. The summed E-state index contributed by atoms with van der Waals surface area (Å²) in [6.45, 7) is 1.93. The zero-order valence-corrected chi connectivity index (χ0v) is 18.0. The molecule has 0 spiro atoms. The van der Waals surface area contributed by atoms with Gasteiger partial charge in [0.1, 0.15) is 10.6 Å². The molecule has 2 aromatic heterocycles. The van der Waals surface area contributed by atoms with Crippen molar-refractivity contribution in [3.05, 3.63) is 65.0 Å². The number of carbonyl (C=O) groups excluding carboxylic acids is 2. The topological polar surface area (TPSA) is 84.1 Å². The fourth-order valence-corrected chi connectivity index (χ4v) is 4.94. The molecular weight excluding hydrogens is 418 g/mol. The minimum absolute atomic E-state index is 0.165. The number of H-pyrrole nitrogens is 1. The van der Waals surface area contributed by atoms with Crippen LogP contribution in [-0.4, -0.2) is 34.7 Å². The molecule has 4 aromatic rings. The van der Waals surface area contributed by atoms with Crippen LogP contribution >= 0.6 is 23.1 Å². The Morgan fingerprint density at radius 2 is 1.87 bits per heavy atom. The number of anilines is 1. The molecule has 0 aliphatic heterocycles. The number of thiophene rings is 1. The molecule has 0 bridgehead atoms. The summed E-state index contributed by atoms with van der Waals surface area (Å²) in [7, 11) is 1.34. The van der Waals surface area contributed by atoms with E-state index < -0.39 is 5.97 Å². The fourth-order valence-electron chi connectivity index (χ4n) is 3.18. The molecule has 2 N–H and O–H groups in total. The van der Waals surface area contributed by atoms with Gasteiger partial charge in [-0.3, -0.25) is 4.79 Å². The lowest BCUT2D eigenvalue weighted by Crippen LogP contribution is -2.16. The van der Waals surface area contributed by atoms with Crippen LogP contribution in [0.15, 0.2) is 59.8 Å². The average molecular weight is 438 g/mol. The van der Waals surface area contributed by atoms with Gasteiger partial charge in [-0.2, -0.15) is 0 Å². The van der Waals surface area contributed by atoms with Crippen molar-refractivity contribution < 1.29 is 14.3 Å². The Labute approximate surface area is 181 Å². The van der Waals surface area contributed by atoms with E-state index in [1.807, 2.05) is 61.5 Å². The van der Waals surface area contributed by atoms with E-state index >= 15 is 0 Å². The van der Waals surface area contributed by atoms with Crippen molar-refractivity contribution in [2.75, 3.05) is 18.2 Å². The van der Waals surface area contributed by atoms with Crippen LogP contribution < -0.4 is 5.32 Å². The SMILES string of the molecule is COC(=O)c1c(NC(=O)CSc2nc3ccccc3[nH]2)sc(C)c1-c1ccccc1. The number of aromatic nitrogens is 2. The summed E-state index contributed by atoms with van der Waals surface area (Å²) in [5.41, 5.74) is 3.86. The average Bonchev–Trinajstić information content (AvgIpc) is 3.32. The number of para-hydroxylation sites is 2. The van der Waals surface area contributed by atoms with Gasteiger partial charge in [-0.1, -0.05) is 54.2 Å². The normalized spacial score (nSPS) is 10.9. The van der Waals surface area contributed by atoms with Crippen molar-refractivity contribution in [3.63, 3.8) is 0 Å². The molecule has 152 valence electrons. The Hall–Kier alpha value is -3.10. The van der Waals surface area contributed by atoms with Gasteiger partial charge in [0.05, 0.1) is 23.9 Å². The Morgan fingerprint density at radius 1 is 1.13 bits per heavy atom. The first kappa shape index (κ1) is 20.2. The molecule has 6 nitrogen and oxygen atoms in total. The third-order valence-electron chi connectivity index (χ3n) is 4.50. The van der Waals surface area contributed by atoms with Gasteiger partial charge in [-0.05, 0) is 24.6 Å². The number of hydrogen-bond acceptors (Lipinski definition) is 6. The molecule has 4 rings (SSSR count). The lowest BCUT2D eigenvalue weighted by molar-refractivity contribution is -0.113. The number of ether oxygens (including phenoxy) is 1. The van der Waals surface area contributed by atoms with E-state index in [0.717, 1.165) is 27.0 Å². The zero-order valence-electron chi connectivity index (χ0n) is 16.4. The van der Waals surface area contributed by atoms with Gasteiger partial charge in [0.15, 0.2) is 5.16 Å². The molecule has 0 saturated carbocycles. The largest absolute Gasteiger partial charge is 0.465 e. The number of esters is 1. The van der Waals surface area contributed by atoms with Gasteiger partial charge >= 0.3 is 5.97 Å². The summed E-state index contributed by atoms with van der Waals surface area (Å²) in [4.78, 5) is 33.7. The van der Waals surface area contributed by atoms with Crippen LogP contribution in [-0.2, 0) is 9.53 Å². The number of benzene rings is 2. The molecule has 0 aliphatic carbocycles. The Kier molecular flexibility index (Phi) is 5.87. The number of aromatic amines is 1. The van der Waals surface area contributed by atoms with Crippen molar-refractivity contribution in [1.29, 1.82) is 0 Å². The smallest absolute Gasteiger partial charge is 0.341 e. The van der Waals surface area contributed by atoms with Gasteiger partial charge < -0.3 is 15.0 Å². The first-order valence-corrected chi connectivity index (χ1v) is 11.0. The van der Waals surface area contributed by atoms with Crippen molar-refractivity contribution >= 4 is 51.0 Å². The van der Waals surface area contributed by atoms with Gasteiger partial charge in [0.2, 0.25) is 5.91 Å². The number of thioether (sulfide) groups is 1. The summed E-state index contributed by atoms with van der Waals surface area (Å²) in [6, 6.07) is 17.3. The van der Waals surface area contributed by atoms with E-state index in [0.29, 0.717) is 15.7 Å². The van der Waals surface area contributed by atoms with Crippen molar-refractivity contribution in [3.8, 4) is 11.1 Å². The van der Waals surface area contributed by atoms with E-state index in [2.05, 4.69) is 15.3 Å². The number of aryl methyl sites for hydroxylation is 1. The number of nitrogens with one attached hydrogen (secondary N) is 2. The second kappa shape index (κ2) is 8.73. The molecule has 1 amide bonds. The molecule has 2 aromatic carbocycles. The Morgan fingerprint density at radius 3 is 2.60 bits per heavy atom. The van der Waals surface area contributed by atoms with Gasteiger partial charge in [0.25, 0.3) is 0 Å². The molecule has 0 aliphatic rings. The Bertz CT molecular complexity index is 1180. The predicted octanol–water partition coefficient (Wildman–Crippen LogP) is 5.12.